The van der Waals surface area contributed by atoms with Crippen LogP contribution in [0.25, 0.3) is 110 Å². The van der Waals surface area contributed by atoms with Crippen LogP contribution in [0.4, 0.5) is 0 Å². The number of aliphatic imine (C=N–C) groups is 1. The largest absolute Gasteiger partial charge is 0.456 e. The molecule has 7 nitrogen and oxygen atoms in total. The van der Waals surface area contributed by atoms with E-state index in [1.54, 1.807) is 0 Å². The van der Waals surface area contributed by atoms with E-state index < -0.39 is 0 Å². The molecule has 13 aromatic rings. The van der Waals surface area contributed by atoms with Crippen LogP contribution in [0, 0.1) is 5.92 Å². The van der Waals surface area contributed by atoms with Gasteiger partial charge in [-0.3, -0.25) is 5.32 Å². The van der Waals surface area contributed by atoms with E-state index in [-0.39, 0.29) is 12.3 Å². The molecule has 0 saturated heterocycles. The van der Waals surface area contributed by atoms with E-state index in [0.29, 0.717) is 5.92 Å². The van der Waals surface area contributed by atoms with Crippen molar-refractivity contribution in [3.63, 3.8) is 0 Å². The fourth-order valence-corrected chi connectivity index (χ4v) is 11.5. The summed E-state index contributed by atoms with van der Waals surface area (Å²) in [6.45, 7) is 0. The van der Waals surface area contributed by atoms with Gasteiger partial charge in [0.15, 0.2) is 0 Å². The molecule has 2 aliphatic rings. The summed E-state index contributed by atoms with van der Waals surface area (Å²) in [7, 11) is 0. The molecule has 0 fully saturated rings. The Labute approximate surface area is 401 Å². The lowest BCUT2D eigenvalue weighted by molar-refractivity contribution is 0.328. The number of amidine groups is 1. The Bertz CT molecular complexity index is 4360. The van der Waals surface area contributed by atoms with Crippen molar-refractivity contribution in [3.05, 3.63) is 230 Å². The summed E-state index contributed by atoms with van der Waals surface area (Å²) in [5, 5.41) is 16.7. The first-order valence-corrected chi connectivity index (χ1v) is 24.1. The predicted octanol–water partition coefficient (Wildman–Crippen LogP) is 15.4. The summed E-state index contributed by atoms with van der Waals surface area (Å²) in [5.41, 5.74) is 14.6. The molecule has 15 rings (SSSR count). The van der Waals surface area contributed by atoms with E-state index in [1.165, 1.54) is 32.6 Å². The molecule has 70 heavy (non-hydrogen) atoms. The van der Waals surface area contributed by atoms with Gasteiger partial charge in [0, 0.05) is 66.3 Å². The third-order valence-corrected chi connectivity index (χ3v) is 14.7. The van der Waals surface area contributed by atoms with Gasteiger partial charge < -0.3 is 23.3 Å². The number of nitrogens with one attached hydrogen (secondary N) is 2. The zero-order chi connectivity index (χ0) is 45.9. The van der Waals surface area contributed by atoms with Crippen molar-refractivity contribution in [2.75, 3.05) is 0 Å². The number of hydrogen-bond donors (Lipinski definition) is 2. The molecule has 3 unspecified atom stereocenters. The van der Waals surface area contributed by atoms with E-state index in [1.807, 2.05) is 6.07 Å². The second-order valence-electron chi connectivity index (χ2n) is 18.7. The van der Waals surface area contributed by atoms with Gasteiger partial charge in [-0.05, 0) is 83.8 Å². The first-order chi connectivity index (χ1) is 34.7. The molecule has 5 heterocycles. The minimum absolute atomic E-state index is 0.0137. The number of furan rings is 2. The molecule has 4 aromatic heterocycles. The minimum atomic E-state index is -0.252. The topological polar surface area (TPSA) is 72.6 Å². The number of rotatable bonds is 6. The number of nitrogens with zero attached hydrogens (tertiary/aromatic N) is 3. The van der Waals surface area contributed by atoms with Crippen molar-refractivity contribution in [3.8, 4) is 22.5 Å². The summed E-state index contributed by atoms with van der Waals surface area (Å²) in [4.78, 5) is 5.21. The van der Waals surface area contributed by atoms with Crippen LogP contribution in [0.15, 0.2) is 232 Å². The van der Waals surface area contributed by atoms with Crippen LogP contribution in [-0.4, -0.2) is 21.1 Å². The van der Waals surface area contributed by atoms with Crippen LogP contribution < -0.4 is 10.6 Å². The summed E-state index contributed by atoms with van der Waals surface area (Å²) in [5.74, 6) is 1.18. The van der Waals surface area contributed by atoms with Crippen molar-refractivity contribution < 1.29 is 8.83 Å². The van der Waals surface area contributed by atoms with E-state index in [4.69, 9.17) is 13.8 Å². The van der Waals surface area contributed by atoms with Crippen molar-refractivity contribution in [2.45, 2.75) is 18.8 Å². The van der Waals surface area contributed by atoms with Crippen LogP contribution in [0.1, 0.15) is 23.7 Å². The second-order valence-corrected chi connectivity index (χ2v) is 18.7. The summed E-state index contributed by atoms with van der Waals surface area (Å²) in [6.07, 6.45) is 9.48. The number of aromatic nitrogens is 2. The fourth-order valence-electron chi connectivity index (χ4n) is 11.5. The highest BCUT2D eigenvalue weighted by Gasteiger charge is 2.30. The first-order valence-electron chi connectivity index (χ1n) is 24.1. The standard InChI is InChI=1S/C63H43N5O2/c1-4-15-38(16-5-1)61-64-62(39-17-6-2-7-18-39)66-63(65-61)41-27-30-47-51-35-40(28-34-54(51)69-56(47)36-41)44-23-14-26-55-58(44)50-31-29-43(37-57(50)70-55)68-53-25-13-11-22-46(53)49-33-32-48-45-21-10-12-24-52(45)67(59(48)60(49)68)42-19-8-3-9-20-42/h1-17,19-37,39,62-63,66H,18H2,(H,64,65). The van der Waals surface area contributed by atoms with Crippen molar-refractivity contribution >= 4 is 93.3 Å². The van der Waals surface area contributed by atoms with Crippen molar-refractivity contribution in [1.82, 2.24) is 19.8 Å². The third kappa shape index (κ3) is 5.95. The Morgan fingerprint density at radius 1 is 0.471 bits per heavy atom. The maximum Gasteiger partial charge on any atom is 0.137 e. The molecule has 1 aliphatic heterocycles. The maximum absolute atomic E-state index is 6.84. The van der Waals surface area contributed by atoms with Gasteiger partial charge in [-0.15, -0.1) is 0 Å². The van der Waals surface area contributed by atoms with Gasteiger partial charge in [-0.1, -0.05) is 152 Å². The minimum Gasteiger partial charge on any atom is -0.456 e. The number of hydrogen-bond acceptors (Lipinski definition) is 5. The second kappa shape index (κ2) is 15.3. The number of fused-ring (bicyclic) bond motifs is 13. The van der Waals surface area contributed by atoms with Gasteiger partial charge in [0.05, 0.1) is 33.9 Å². The molecule has 2 N–H and O–H groups in total. The Morgan fingerprint density at radius 3 is 1.93 bits per heavy atom. The lowest BCUT2D eigenvalue weighted by Gasteiger charge is -2.35. The van der Waals surface area contributed by atoms with E-state index in [0.717, 1.165) is 101 Å². The van der Waals surface area contributed by atoms with Crippen molar-refractivity contribution in [1.29, 1.82) is 0 Å². The summed E-state index contributed by atoms with van der Waals surface area (Å²) in [6, 6.07) is 69.4. The number of allylic oxidation sites excluding steroid dienone is 3. The molecule has 7 heteroatoms. The quantitative estimate of drug-likeness (QED) is 0.174. The Hall–Kier alpha value is -8.91. The Morgan fingerprint density at radius 2 is 1.16 bits per heavy atom. The van der Waals surface area contributed by atoms with Gasteiger partial charge in [0.2, 0.25) is 0 Å². The van der Waals surface area contributed by atoms with Gasteiger partial charge in [0.25, 0.3) is 0 Å². The van der Waals surface area contributed by atoms with Gasteiger partial charge in [0.1, 0.15) is 34.3 Å². The Balaban J connectivity index is 0.845. The van der Waals surface area contributed by atoms with Gasteiger partial charge >= 0.3 is 0 Å². The first kappa shape index (κ1) is 39.1. The zero-order valence-corrected chi connectivity index (χ0v) is 37.9. The zero-order valence-electron chi connectivity index (χ0n) is 37.9. The van der Waals surface area contributed by atoms with E-state index in [2.05, 4.69) is 232 Å². The molecule has 0 saturated carbocycles. The fraction of sp³-hybridized carbons (Fsp3) is 0.0635. The SMILES string of the molecule is C1=CCC(C2NC(c3ccccc3)=NC(c3ccc4c(c3)oc3ccc(-c5cccc6oc7cc(-n8c9ccccc9c9ccc%10c%11ccccc%11n(-c%11ccccc%11)c%10c98)ccc7c56)cc34)N2)C=C1. The highest BCUT2D eigenvalue weighted by Crippen LogP contribution is 2.44. The third-order valence-electron chi connectivity index (χ3n) is 14.7. The monoisotopic (exact) mass is 901 g/mol. The normalized spacial score (nSPS) is 17.3. The summed E-state index contributed by atoms with van der Waals surface area (Å²) < 4.78 is 18.3. The summed E-state index contributed by atoms with van der Waals surface area (Å²) >= 11 is 0. The molecule has 0 bridgehead atoms. The lowest BCUT2D eigenvalue weighted by atomic mass is 9.95. The molecular formula is C63H43N5O2. The maximum atomic E-state index is 6.84. The number of benzene rings is 9. The molecule has 332 valence electrons. The van der Waals surface area contributed by atoms with Crippen LogP contribution in [0.2, 0.25) is 0 Å². The molecule has 9 aromatic carbocycles. The molecular weight excluding hydrogens is 859 g/mol. The van der Waals surface area contributed by atoms with E-state index in [9.17, 15) is 0 Å². The Kier molecular flexibility index (Phi) is 8.55. The van der Waals surface area contributed by atoms with Gasteiger partial charge in [-0.2, -0.15) is 0 Å². The van der Waals surface area contributed by atoms with E-state index >= 15 is 0 Å². The van der Waals surface area contributed by atoms with Crippen LogP contribution in [0.3, 0.4) is 0 Å². The average molecular weight is 902 g/mol. The molecule has 1 aliphatic carbocycles. The van der Waals surface area contributed by atoms with Gasteiger partial charge in [-0.25, -0.2) is 4.99 Å². The predicted molar refractivity (Wildman–Crippen MR) is 287 cm³/mol. The molecule has 3 atom stereocenters. The number of para-hydroxylation sites is 3. The smallest absolute Gasteiger partial charge is 0.137 e. The van der Waals surface area contributed by atoms with Crippen LogP contribution >= 0.6 is 0 Å². The van der Waals surface area contributed by atoms with Crippen LogP contribution in [0.5, 0.6) is 0 Å². The highest BCUT2D eigenvalue weighted by atomic mass is 16.3. The molecule has 0 amide bonds. The van der Waals surface area contributed by atoms with Crippen LogP contribution in [-0.2, 0) is 0 Å². The lowest BCUT2D eigenvalue weighted by Crippen LogP contribution is -2.54. The highest BCUT2D eigenvalue weighted by molar-refractivity contribution is 6.24. The van der Waals surface area contributed by atoms with Crippen molar-refractivity contribution in [2.24, 2.45) is 10.9 Å². The average Bonchev–Trinajstić information content (AvgIpc) is 4.18. The molecule has 0 spiro atoms. The molecule has 0 radical (unpaired) electrons.